The van der Waals surface area contributed by atoms with E-state index < -0.39 is 0 Å². The summed E-state index contributed by atoms with van der Waals surface area (Å²) in [6, 6.07) is 21.9. The van der Waals surface area contributed by atoms with Gasteiger partial charge in [0.2, 0.25) is 0 Å². The molecule has 0 atom stereocenters. The van der Waals surface area contributed by atoms with Crippen molar-refractivity contribution < 1.29 is 9.21 Å². The normalized spacial score (nSPS) is 10.7. The van der Waals surface area contributed by atoms with Crippen molar-refractivity contribution in [2.75, 3.05) is 5.32 Å². The molecule has 0 saturated carbocycles. The third-order valence-electron chi connectivity index (χ3n) is 4.22. The summed E-state index contributed by atoms with van der Waals surface area (Å²) in [5, 5.41) is 6.54. The summed E-state index contributed by atoms with van der Waals surface area (Å²) in [6.07, 6.45) is 0.557. The highest BCUT2D eigenvalue weighted by Crippen LogP contribution is 2.22. The first-order valence-corrected chi connectivity index (χ1v) is 9.67. The zero-order valence-corrected chi connectivity index (χ0v) is 16.8. The van der Waals surface area contributed by atoms with Gasteiger partial charge < -0.3 is 9.73 Å². The highest BCUT2D eigenvalue weighted by atomic mass is 35.5. The quantitative estimate of drug-likeness (QED) is 0.443. The fraction of sp³-hybridized carbons (Fsp3) is 0.0455. The van der Waals surface area contributed by atoms with E-state index in [1.54, 1.807) is 36.4 Å². The summed E-state index contributed by atoms with van der Waals surface area (Å²) in [5.74, 6) is 0.365. The Morgan fingerprint density at radius 1 is 1.03 bits per heavy atom. The molecule has 1 aromatic heterocycles. The number of benzene rings is 3. The molecule has 0 fully saturated rings. The van der Waals surface area contributed by atoms with E-state index >= 15 is 0 Å². The van der Waals surface area contributed by atoms with Crippen molar-refractivity contribution in [3.05, 3.63) is 94.8 Å². The molecular weight excluding hydrogens is 406 g/mol. The molecule has 4 aromatic rings. The molecule has 144 valence electrons. The van der Waals surface area contributed by atoms with Crippen LogP contribution in [0.5, 0.6) is 0 Å². The SMILES string of the molecule is O=C(NC(=S)Nc1ccc(Cc2nc3cc(Cl)ccc3o2)cc1)c1ccccc1. The van der Waals surface area contributed by atoms with Crippen LogP contribution < -0.4 is 10.6 Å². The first kappa shape index (κ1) is 19.1. The molecule has 0 spiro atoms. The number of nitrogens with zero attached hydrogens (tertiary/aromatic N) is 1. The van der Waals surface area contributed by atoms with E-state index in [1.165, 1.54) is 0 Å². The summed E-state index contributed by atoms with van der Waals surface area (Å²) in [4.78, 5) is 16.6. The molecule has 0 aliphatic rings. The van der Waals surface area contributed by atoms with Crippen LogP contribution in [-0.2, 0) is 6.42 Å². The minimum atomic E-state index is -0.254. The van der Waals surface area contributed by atoms with Gasteiger partial charge in [-0.1, -0.05) is 41.9 Å². The van der Waals surface area contributed by atoms with Crippen LogP contribution >= 0.6 is 23.8 Å². The second kappa shape index (κ2) is 8.43. The number of halogens is 1. The maximum absolute atomic E-state index is 12.1. The zero-order valence-electron chi connectivity index (χ0n) is 15.2. The molecule has 3 aromatic carbocycles. The zero-order chi connectivity index (χ0) is 20.2. The maximum atomic E-state index is 12.1. The molecule has 7 heteroatoms. The summed E-state index contributed by atoms with van der Waals surface area (Å²) in [7, 11) is 0. The Balaban J connectivity index is 1.37. The smallest absolute Gasteiger partial charge is 0.257 e. The molecule has 0 bridgehead atoms. The Hall–Kier alpha value is -3.22. The summed E-state index contributed by atoms with van der Waals surface area (Å²) in [6.45, 7) is 0. The lowest BCUT2D eigenvalue weighted by Gasteiger charge is -2.10. The molecule has 0 radical (unpaired) electrons. The topological polar surface area (TPSA) is 67.2 Å². The number of oxazole rings is 1. The van der Waals surface area contributed by atoms with E-state index in [0.717, 1.165) is 16.8 Å². The van der Waals surface area contributed by atoms with E-state index in [0.29, 0.717) is 28.5 Å². The Morgan fingerprint density at radius 2 is 1.79 bits per heavy atom. The third kappa shape index (κ3) is 4.80. The minimum Gasteiger partial charge on any atom is -0.440 e. The number of rotatable bonds is 4. The average Bonchev–Trinajstić information content (AvgIpc) is 3.11. The minimum absolute atomic E-state index is 0.238. The monoisotopic (exact) mass is 421 g/mol. The van der Waals surface area contributed by atoms with Gasteiger partial charge in [-0.2, -0.15) is 0 Å². The molecule has 2 N–H and O–H groups in total. The van der Waals surface area contributed by atoms with Gasteiger partial charge >= 0.3 is 0 Å². The van der Waals surface area contributed by atoms with Crippen molar-refractivity contribution in [1.82, 2.24) is 10.3 Å². The van der Waals surface area contributed by atoms with Crippen molar-refractivity contribution in [3.8, 4) is 0 Å². The first-order chi connectivity index (χ1) is 14.1. The number of anilines is 1. The van der Waals surface area contributed by atoms with Crippen LogP contribution in [0.3, 0.4) is 0 Å². The summed E-state index contributed by atoms with van der Waals surface area (Å²) >= 11 is 11.2. The number of carbonyl (C=O) groups excluding carboxylic acids is 1. The lowest BCUT2D eigenvalue weighted by molar-refractivity contribution is 0.0977. The Morgan fingerprint density at radius 3 is 2.55 bits per heavy atom. The fourth-order valence-corrected chi connectivity index (χ4v) is 3.21. The van der Waals surface area contributed by atoms with Crippen molar-refractivity contribution in [1.29, 1.82) is 0 Å². The van der Waals surface area contributed by atoms with Gasteiger partial charge in [0.05, 0.1) is 0 Å². The third-order valence-corrected chi connectivity index (χ3v) is 4.66. The Labute approximate surface area is 177 Å². The van der Waals surface area contributed by atoms with E-state index in [9.17, 15) is 4.79 Å². The van der Waals surface area contributed by atoms with Crippen molar-refractivity contribution in [3.63, 3.8) is 0 Å². The van der Waals surface area contributed by atoms with Gasteiger partial charge in [0.1, 0.15) is 5.52 Å². The van der Waals surface area contributed by atoms with Crippen molar-refractivity contribution in [2.45, 2.75) is 6.42 Å². The Kier molecular flexibility index (Phi) is 5.55. The molecule has 1 heterocycles. The number of carbonyl (C=O) groups is 1. The number of thiocarbonyl (C=S) groups is 1. The molecule has 0 saturated heterocycles. The molecule has 0 aliphatic carbocycles. The van der Waals surface area contributed by atoms with Gasteiger partial charge in [-0.25, -0.2) is 4.98 Å². The standard InChI is InChI=1S/C22H16ClN3O2S/c23-16-8-11-19-18(13-16)25-20(28-19)12-14-6-9-17(10-7-14)24-22(29)26-21(27)15-4-2-1-3-5-15/h1-11,13H,12H2,(H2,24,26,27,29). The van der Waals surface area contributed by atoms with Gasteiger partial charge in [0.25, 0.3) is 5.91 Å². The summed E-state index contributed by atoms with van der Waals surface area (Å²) < 4.78 is 5.75. The van der Waals surface area contributed by atoms with Gasteiger partial charge in [-0.15, -0.1) is 0 Å². The average molecular weight is 422 g/mol. The highest BCUT2D eigenvalue weighted by molar-refractivity contribution is 7.80. The lowest BCUT2D eigenvalue weighted by atomic mass is 10.1. The molecule has 0 aliphatic heterocycles. The van der Waals surface area contributed by atoms with E-state index in [1.807, 2.05) is 36.4 Å². The van der Waals surface area contributed by atoms with E-state index in [-0.39, 0.29) is 11.0 Å². The van der Waals surface area contributed by atoms with Gasteiger partial charge in [0.15, 0.2) is 16.6 Å². The molecule has 4 rings (SSSR count). The highest BCUT2D eigenvalue weighted by Gasteiger charge is 2.09. The number of nitrogens with one attached hydrogen (secondary N) is 2. The number of hydrogen-bond donors (Lipinski definition) is 2. The van der Waals surface area contributed by atoms with Crippen LogP contribution in [0.2, 0.25) is 5.02 Å². The van der Waals surface area contributed by atoms with Crippen molar-refractivity contribution >= 4 is 51.6 Å². The van der Waals surface area contributed by atoms with Crippen LogP contribution in [0.4, 0.5) is 5.69 Å². The fourth-order valence-electron chi connectivity index (χ4n) is 2.83. The van der Waals surface area contributed by atoms with Crippen LogP contribution in [0, 0.1) is 0 Å². The first-order valence-electron chi connectivity index (χ1n) is 8.88. The number of fused-ring (bicyclic) bond motifs is 1. The number of hydrogen-bond acceptors (Lipinski definition) is 4. The maximum Gasteiger partial charge on any atom is 0.257 e. The van der Waals surface area contributed by atoms with Gasteiger partial charge in [-0.05, 0) is 60.2 Å². The summed E-state index contributed by atoms with van der Waals surface area (Å²) in [5.41, 5.74) is 3.81. The van der Waals surface area contributed by atoms with Gasteiger partial charge in [-0.3, -0.25) is 10.1 Å². The van der Waals surface area contributed by atoms with E-state index in [4.69, 9.17) is 28.2 Å². The van der Waals surface area contributed by atoms with Crippen LogP contribution in [-0.4, -0.2) is 16.0 Å². The van der Waals surface area contributed by atoms with Gasteiger partial charge in [0, 0.05) is 22.7 Å². The van der Waals surface area contributed by atoms with Crippen LogP contribution in [0.15, 0.2) is 77.2 Å². The molecule has 0 unspecified atom stereocenters. The van der Waals surface area contributed by atoms with Crippen LogP contribution in [0.1, 0.15) is 21.8 Å². The van der Waals surface area contributed by atoms with Crippen molar-refractivity contribution in [2.24, 2.45) is 0 Å². The largest absolute Gasteiger partial charge is 0.440 e. The second-order valence-corrected chi connectivity index (χ2v) is 7.21. The Bertz CT molecular complexity index is 1170. The predicted molar refractivity (Wildman–Crippen MR) is 118 cm³/mol. The predicted octanol–water partition coefficient (Wildman–Crippen LogP) is 5.20. The molecule has 29 heavy (non-hydrogen) atoms. The number of aromatic nitrogens is 1. The number of amides is 1. The van der Waals surface area contributed by atoms with Crippen LogP contribution in [0.25, 0.3) is 11.1 Å². The molecule has 1 amide bonds. The lowest BCUT2D eigenvalue weighted by Crippen LogP contribution is -2.34. The van der Waals surface area contributed by atoms with E-state index in [2.05, 4.69) is 15.6 Å². The molecule has 5 nitrogen and oxygen atoms in total. The second-order valence-electron chi connectivity index (χ2n) is 6.37. The molecular formula is C22H16ClN3O2S.